The molecule has 1 fully saturated rings. The van der Waals surface area contributed by atoms with Crippen LogP contribution >= 0.6 is 0 Å². The number of aromatic nitrogens is 2. The fourth-order valence-corrected chi connectivity index (χ4v) is 2.46. The molecule has 0 spiro atoms. The average molecular weight is 220 g/mol. The first-order valence-corrected chi connectivity index (χ1v) is 5.94. The van der Waals surface area contributed by atoms with E-state index < -0.39 is 0 Å². The van der Waals surface area contributed by atoms with Crippen LogP contribution in [0.5, 0.6) is 0 Å². The first-order valence-electron chi connectivity index (χ1n) is 5.94. The minimum atomic E-state index is 0.372. The van der Waals surface area contributed by atoms with Crippen molar-refractivity contribution in [3.63, 3.8) is 0 Å². The Kier molecular flexibility index (Phi) is 3.10. The summed E-state index contributed by atoms with van der Waals surface area (Å²) in [5, 5.41) is 0. The van der Waals surface area contributed by atoms with Gasteiger partial charge in [-0.3, -0.25) is 0 Å². The minimum Gasteiger partial charge on any atom is -0.368 e. The number of nitrogens with zero attached hydrogens (tertiary/aromatic N) is 2. The fraction of sp³-hybridized carbons (Fsp3) is 0.667. The molecule has 0 aromatic carbocycles. The third-order valence-corrected chi connectivity index (χ3v) is 3.60. The second-order valence-corrected chi connectivity index (χ2v) is 4.79. The molecule has 0 bridgehead atoms. The van der Waals surface area contributed by atoms with Gasteiger partial charge in [0.05, 0.1) is 5.69 Å². The number of hydrogen-bond donors (Lipinski definition) is 2. The standard InChI is InChI=1S/C12H20N4/c1-7-8(2)15-12(14)16-11(7)9-3-5-10(13)6-4-9/h9-10H,3-6,13H2,1-2H3,(H2,14,15,16). The van der Waals surface area contributed by atoms with Crippen molar-refractivity contribution in [3.05, 3.63) is 17.0 Å². The molecule has 0 amide bonds. The minimum absolute atomic E-state index is 0.372. The molecule has 4 nitrogen and oxygen atoms in total. The molecule has 1 heterocycles. The second kappa shape index (κ2) is 4.37. The van der Waals surface area contributed by atoms with Gasteiger partial charge in [-0.1, -0.05) is 0 Å². The average Bonchev–Trinajstić information content (AvgIpc) is 2.25. The number of hydrogen-bond acceptors (Lipinski definition) is 4. The zero-order chi connectivity index (χ0) is 11.7. The van der Waals surface area contributed by atoms with Crippen LogP contribution in [0.3, 0.4) is 0 Å². The summed E-state index contributed by atoms with van der Waals surface area (Å²) in [5.41, 5.74) is 15.0. The highest BCUT2D eigenvalue weighted by Crippen LogP contribution is 2.33. The van der Waals surface area contributed by atoms with E-state index in [1.54, 1.807) is 0 Å². The highest BCUT2D eigenvalue weighted by atomic mass is 15.0. The lowest BCUT2D eigenvalue weighted by Crippen LogP contribution is -2.26. The first kappa shape index (κ1) is 11.3. The molecule has 4 N–H and O–H groups in total. The summed E-state index contributed by atoms with van der Waals surface area (Å²) in [7, 11) is 0. The molecular formula is C12H20N4. The van der Waals surface area contributed by atoms with Gasteiger partial charge in [0.15, 0.2) is 0 Å². The molecule has 1 saturated carbocycles. The lowest BCUT2D eigenvalue weighted by Gasteiger charge is -2.27. The van der Waals surface area contributed by atoms with Crippen molar-refractivity contribution < 1.29 is 0 Å². The van der Waals surface area contributed by atoms with E-state index in [1.165, 1.54) is 5.56 Å². The number of nitrogen functional groups attached to an aromatic ring is 1. The van der Waals surface area contributed by atoms with Crippen LogP contribution in [0.25, 0.3) is 0 Å². The van der Waals surface area contributed by atoms with Crippen molar-refractivity contribution in [2.24, 2.45) is 5.73 Å². The Balaban J connectivity index is 2.26. The van der Waals surface area contributed by atoms with Gasteiger partial charge >= 0.3 is 0 Å². The van der Waals surface area contributed by atoms with E-state index in [-0.39, 0.29) is 0 Å². The Bertz CT molecular complexity index is 381. The third kappa shape index (κ3) is 2.16. The molecule has 88 valence electrons. The summed E-state index contributed by atoms with van der Waals surface area (Å²) in [4.78, 5) is 8.59. The monoisotopic (exact) mass is 220 g/mol. The van der Waals surface area contributed by atoms with Gasteiger partial charge in [0.2, 0.25) is 5.95 Å². The van der Waals surface area contributed by atoms with Gasteiger partial charge in [-0.2, -0.15) is 0 Å². The Hall–Kier alpha value is -1.16. The Morgan fingerprint density at radius 1 is 1.06 bits per heavy atom. The summed E-state index contributed by atoms with van der Waals surface area (Å²) < 4.78 is 0. The molecule has 0 unspecified atom stereocenters. The maximum absolute atomic E-state index is 5.92. The van der Waals surface area contributed by atoms with Crippen LogP contribution in [0.1, 0.15) is 48.6 Å². The van der Waals surface area contributed by atoms with Crippen LogP contribution in [0, 0.1) is 13.8 Å². The lowest BCUT2D eigenvalue weighted by molar-refractivity contribution is 0.389. The van der Waals surface area contributed by atoms with Crippen molar-refractivity contribution >= 4 is 5.95 Å². The summed E-state index contributed by atoms with van der Waals surface area (Å²) in [6.07, 6.45) is 4.43. The summed E-state index contributed by atoms with van der Waals surface area (Å²) >= 11 is 0. The van der Waals surface area contributed by atoms with Crippen LogP contribution in [0.15, 0.2) is 0 Å². The van der Waals surface area contributed by atoms with E-state index in [0.29, 0.717) is 17.9 Å². The molecule has 2 rings (SSSR count). The maximum atomic E-state index is 5.92. The second-order valence-electron chi connectivity index (χ2n) is 4.79. The largest absolute Gasteiger partial charge is 0.368 e. The van der Waals surface area contributed by atoms with E-state index in [9.17, 15) is 0 Å². The normalized spacial score (nSPS) is 25.7. The summed E-state index contributed by atoms with van der Waals surface area (Å²) in [6, 6.07) is 0.372. The first-order chi connectivity index (χ1) is 7.58. The SMILES string of the molecule is Cc1nc(N)nc(C2CCC(N)CC2)c1C. The van der Waals surface area contributed by atoms with E-state index in [1.807, 2.05) is 6.92 Å². The Labute approximate surface area is 96.5 Å². The van der Waals surface area contributed by atoms with Gasteiger partial charge in [-0.15, -0.1) is 0 Å². The maximum Gasteiger partial charge on any atom is 0.220 e. The summed E-state index contributed by atoms with van der Waals surface area (Å²) in [5.74, 6) is 0.914. The molecular weight excluding hydrogens is 200 g/mol. The number of nitrogens with two attached hydrogens (primary N) is 2. The van der Waals surface area contributed by atoms with Crippen molar-refractivity contribution in [3.8, 4) is 0 Å². The summed E-state index contributed by atoms with van der Waals surface area (Å²) in [6.45, 7) is 4.07. The number of anilines is 1. The van der Waals surface area contributed by atoms with E-state index >= 15 is 0 Å². The van der Waals surface area contributed by atoms with Gasteiger partial charge < -0.3 is 11.5 Å². The topological polar surface area (TPSA) is 77.8 Å². The van der Waals surface area contributed by atoms with E-state index in [0.717, 1.165) is 37.1 Å². The fourth-order valence-electron chi connectivity index (χ4n) is 2.46. The van der Waals surface area contributed by atoms with Crippen LogP contribution in [0.2, 0.25) is 0 Å². The van der Waals surface area contributed by atoms with Gasteiger partial charge in [-0.05, 0) is 45.1 Å². The predicted molar refractivity (Wildman–Crippen MR) is 65.1 cm³/mol. The van der Waals surface area contributed by atoms with Crippen molar-refractivity contribution in [1.82, 2.24) is 9.97 Å². The smallest absolute Gasteiger partial charge is 0.220 e. The molecule has 0 atom stereocenters. The molecule has 0 saturated heterocycles. The molecule has 0 radical (unpaired) electrons. The molecule has 1 aromatic heterocycles. The van der Waals surface area contributed by atoms with Crippen LogP contribution in [0.4, 0.5) is 5.95 Å². The molecule has 0 aliphatic heterocycles. The van der Waals surface area contributed by atoms with Crippen LogP contribution in [-0.4, -0.2) is 16.0 Å². The van der Waals surface area contributed by atoms with E-state index in [2.05, 4.69) is 16.9 Å². The van der Waals surface area contributed by atoms with E-state index in [4.69, 9.17) is 11.5 Å². The molecule has 1 aliphatic carbocycles. The predicted octanol–water partition coefficient (Wildman–Crippen LogP) is 1.66. The lowest BCUT2D eigenvalue weighted by atomic mass is 9.83. The molecule has 4 heteroatoms. The number of rotatable bonds is 1. The highest BCUT2D eigenvalue weighted by Gasteiger charge is 2.23. The quantitative estimate of drug-likeness (QED) is 0.754. The Morgan fingerprint density at radius 2 is 1.69 bits per heavy atom. The van der Waals surface area contributed by atoms with Crippen molar-refractivity contribution in [1.29, 1.82) is 0 Å². The van der Waals surface area contributed by atoms with Gasteiger partial charge in [0.25, 0.3) is 0 Å². The van der Waals surface area contributed by atoms with Gasteiger partial charge in [0, 0.05) is 17.7 Å². The Morgan fingerprint density at radius 3 is 2.31 bits per heavy atom. The van der Waals surface area contributed by atoms with Crippen molar-refractivity contribution in [2.75, 3.05) is 5.73 Å². The zero-order valence-electron chi connectivity index (χ0n) is 10.0. The highest BCUT2D eigenvalue weighted by molar-refractivity contribution is 5.32. The van der Waals surface area contributed by atoms with Crippen molar-refractivity contribution in [2.45, 2.75) is 51.5 Å². The molecule has 1 aliphatic rings. The zero-order valence-corrected chi connectivity index (χ0v) is 10.0. The van der Waals surface area contributed by atoms with Gasteiger partial charge in [0.1, 0.15) is 0 Å². The third-order valence-electron chi connectivity index (χ3n) is 3.60. The van der Waals surface area contributed by atoms with Gasteiger partial charge in [-0.25, -0.2) is 9.97 Å². The van der Waals surface area contributed by atoms with Crippen LogP contribution < -0.4 is 11.5 Å². The number of aryl methyl sites for hydroxylation is 1. The van der Waals surface area contributed by atoms with Crippen LogP contribution in [-0.2, 0) is 0 Å². The molecule has 16 heavy (non-hydrogen) atoms. The molecule has 1 aromatic rings.